The molecule has 0 amide bonds. The van der Waals surface area contributed by atoms with E-state index >= 15 is 0 Å². The second kappa shape index (κ2) is 4.66. The molecule has 0 radical (unpaired) electrons. The predicted molar refractivity (Wildman–Crippen MR) is 71.0 cm³/mol. The third kappa shape index (κ3) is 3.20. The van der Waals surface area contributed by atoms with Crippen LogP contribution >= 0.6 is 0 Å². The molecule has 96 valence electrons. The van der Waals surface area contributed by atoms with Crippen LogP contribution in [0, 0.1) is 0 Å². The second-order valence-electron chi connectivity index (χ2n) is 5.12. The standard InChI is InChI=1S/C12H20N2O2S/c1-12(2,3)17(15,16)14(4)9-10-6-5-7-11(13)8-10/h5-8H,9,13H2,1-4H3. The highest BCUT2D eigenvalue weighted by molar-refractivity contribution is 7.90. The van der Waals surface area contributed by atoms with E-state index < -0.39 is 14.8 Å². The molecule has 4 nitrogen and oxygen atoms in total. The monoisotopic (exact) mass is 256 g/mol. The predicted octanol–water partition coefficient (Wildman–Crippen LogP) is 1.83. The Bertz CT molecular complexity index is 489. The third-order valence-electron chi connectivity index (χ3n) is 2.54. The lowest BCUT2D eigenvalue weighted by Gasteiger charge is -2.26. The number of hydrogen-bond donors (Lipinski definition) is 1. The number of hydrogen-bond acceptors (Lipinski definition) is 3. The van der Waals surface area contributed by atoms with E-state index in [2.05, 4.69) is 0 Å². The fourth-order valence-electron chi connectivity index (χ4n) is 1.50. The molecule has 0 spiro atoms. The molecule has 0 aliphatic heterocycles. The van der Waals surface area contributed by atoms with E-state index in [4.69, 9.17) is 5.73 Å². The summed E-state index contributed by atoms with van der Waals surface area (Å²) >= 11 is 0. The Morgan fingerprint density at radius 2 is 1.88 bits per heavy atom. The molecule has 1 aromatic rings. The Balaban J connectivity index is 2.91. The number of nitrogens with zero attached hydrogens (tertiary/aromatic N) is 1. The molecule has 1 aromatic carbocycles. The minimum Gasteiger partial charge on any atom is -0.399 e. The zero-order valence-electron chi connectivity index (χ0n) is 10.8. The van der Waals surface area contributed by atoms with Crippen molar-refractivity contribution in [3.8, 4) is 0 Å². The van der Waals surface area contributed by atoms with Crippen molar-refractivity contribution in [2.24, 2.45) is 0 Å². The lowest BCUT2D eigenvalue weighted by Crippen LogP contribution is -2.40. The van der Waals surface area contributed by atoms with E-state index in [0.717, 1.165) is 5.56 Å². The maximum absolute atomic E-state index is 12.1. The Morgan fingerprint density at radius 1 is 1.29 bits per heavy atom. The number of anilines is 1. The van der Waals surface area contributed by atoms with Gasteiger partial charge in [-0.1, -0.05) is 12.1 Å². The minimum absolute atomic E-state index is 0.338. The summed E-state index contributed by atoms with van der Waals surface area (Å²) in [5.74, 6) is 0. The number of sulfonamides is 1. The highest BCUT2D eigenvalue weighted by Crippen LogP contribution is 2.21. The molecule has 0 heterocycles. The molecule has 0 aliphatic carbocycles. The summed E-state index contributed by atoms with van der Waals surface area (Å²) in [5, 5.41) is 0. The van der Waals surface area contributed by atoms with Crippen LogP contribution in [0.5, 0.6) is 0 Å². The van der Waals surface area contributed by atoms with E-state index in [1.54, 1.807) is 40.0 Å². The van der Waals surface area contributed by atoms with Crippen molar-refractivity contribution < 1.29 is 8.42 Å². The fraction of sp³-hybridized carbons (Fsp3) is 0.500. The lowest BCUT2D eigenvalue weighted by atomic mass is 10.2. The normalized spacial score (nSPS) is 13.0. The van der Waals surface area contributed by atoms with Gasteiger partial charge in [0.15, 0.2) is 0 Å². The van der Waals surface area contributed by atoms with Gasteiger partial charge in [0, 0.05) is 19.3 Å². The summed E-state index contributed by atoms with van der Waals surface area (Å²) < 4.78 is 24.8. The van der Waals surface area contributed by atoms with Crippen molar-refractivity contribution in [3.63, 3.8) is 0 Å². The Labute approximate surface area is 103 Å². The van der Waals surface area contributed by atoms with Gasteiger partial charge >= 0.3 is 0 Å². The van der Waals surface area contributed by atoms with E-state index in [1.165, 1.54) is 4.31 Å². The summed E-state index contributed by atoms with van der Waals surface area (Å²) in [6.45, 7) is 5.42. The number of nitrogens with two attached hydrogens (primary N) is 1. The molecule has 0 aromatic heterocycles. The largest absolute Gasteiger partial charge is 0.399 e. The maximum Gasteiger partial charge on any atom is 0.219 e. The Kier molecular flexibility index (Phi) is 3.84. The molecule has 0 saturated heterocycles. The van der Waals surface area contributed by atoms with Crippen molar-refractivity contribution in [1.82, 2.24) is 4.31 Å². The maximum atomic E-state index is 12.1. The van der Waals surface area contributed by atoms with E-state index in [9.17, 15) is 8.42 Å². The average molecular weight is 256 g/mol. The number of benzene rings is 1. The van der Waals surface area contributed by atoms with Gasteiger partial charge in [-0.25, -0.2) is 12.7 Å². The van der Waals surface area contributed by atoms with Crippen LogP contribution in [0.1, 0.15) is 26.3 Å². The molecule has 17 heavy (non-hydrogen) atoms. The van der Waals surface area contributed by atoms with Crippen LogP contribution in [0.2, 0.25) is 0 Å². The van der Waals surface area contributed by atoms with Crippen LogP contribution in [0.25, 0.3) is 0 Å². The van der Waals surface area contributed by atoms with Gasteiger partial charge in [0.05, 0.1) is 4.75 Å². The number of rotatable bonds is 3. The molecule has 0 aliphatic rings. The fourth-order valence-corrected chi connectivity index (χ4v) is 2.76. The quantitative estimate of drug-likeness (QED) is 0.839. The highest BCUT2D eigenvalue weighted by Gasteiger charge is 2.32. The van der Waals surface area contributed by atoms with E-state index in [-0.39, 0.29) is 0 Å². The van der Waals surface area contributed by atoms with Gasteiger partial charge in [0.25, 0.3) is 0 Å². The van der Waals surface area contributed by atoms with Crippen LogP contribution in [0.15, 0.2) is 24.3 Å². The lowest BCUT2D eigenvalue weighted by molar-refractivity contribution is 0.442. The first-order chi connectivity index (χ1) is 7.64. The van der Waals surface area contributed by atoms with E-state index in [0.29, 0.717) is 12.2 Å². The molecule has 0 fully saturated rings. The van der Waals surface area contributed by atoms with Crippen molar-refractivity contribution in [1.29, 1.82) is 0 Å². The van der Waals surface area contributed by atoms with Crippen molar-refractivity contribution >= 4 is 15.7 Å². The van der Waals surface area contributed by atoms with Gasteiger partial charge in [-0.2, -0.15) is 0 Å². The van der Waals surface area contributed by atoms with Crippen LogP contribution in [0.3, 0.4) is 0 Å². The van der Waals surface area contributed by atoms with Crippen molar-refractivity contribution in [3.05, 3.63) is 29.8 Å². The molecular formula is C12H20N2O2S. The summed E-state index contributed by atoms with van der Waals surface area (Å²) in [4.78, 5) is 0. The zero-order valence-corrected chi connectivity index (χ0v) is 11.6. The molecular weight excluding hydrogens is 236 g/mol. The SMILES string of the molecule is CN(Cc1cccc(N)c1)S(=O)(=O)C(C)(C)C. The highest BCUT2D eigenvalue weighted by atomic mass is 32.2. The molecule has 0 saturated carbocycles. The van der Waals surface area contributed by atoms with Crippen LogP contribution in [-0.4, -0.2) is 24.5 Å². The topological polar surface area (TPSA) is 63.4 Å². The number of nitrogen functional groups attached to an aromatic ring is 1. The van der Waals surface area contributed by atoms with Gasteiger partial charge in [-0.05, 0) is 38.5 Å². The second-order valence-corrected chi connectivity index (χ2v) is 7.92. The van der Waals surface area contributed by atoms with Crippen LogP contribution in [0.4, 0.5) is 5.69 Å². The molecule has 0 unspecified atom stereocenters. The molecule has 2 N–H and O–H groups in total. The zero-order chi connectivity index (χ0) is 13.3. The summed E-state index contributed by atoms with van der Waals surface area (Å²) in [7, 11) is -1.71. The van der Waals surface area contributed by atoms with Crippen LogP contribution in [-0.2, 0) is 16.6 Å². The summed E-state index contributed by atoms with van der Waals surface area (Å²) in [5.41, 5.74) is 7.19. The Hall–Kier alpha value is -1.07. The first-order valence-electron chi connectivity index (χ1n) is 5.45. The van der Waals surface area contributed by atoms with Crippen LogP contribution < -0.4 is 5.73 Å². The van der Waals surface area contributed by atoms with Gasteiger partial charge in [-0.3, -0.25) is 0 Å². The third-order valence-corrected chi connectivity index (χ3v) is 5.04. The van der Waals surface area contributed by atoms with Gasteiger partial charge < -0.3 is 5.73 Å². The minimum atomic E-state index is -3.29. The average Bonchev–Trinajstić information content (AvgIpc) is 2.15. The molecule has 0 bridgehead atoms. The van der Waals surface area contributed by atoms with E-state index in [1.807, 2.05) is 12.1 Å². The van der Waals surface area contributed by atoms with Gasteiger partial charge in [0.2, 0.25) is 10.0 Å². The molecule has 1 rings (SSSR count). The summed E-state index contributed by atoms with van der Waals surface area (Å²) in [6.07, 6.45) is 0. The van der Waals surface area contributed by atoms with Gasteiger partial charge in [0.1, 0.15) is 0 Å². The molecule has 5 heteroatoms. The first kappa shape index (κ1) is 14.0. The first-order valence-corrected chi connectivity index (χ1v) is 6.89. The van der Waals surface area contributed by atoms with Crippen molar-refractivity contribution in [2.75, 3.05) is 12.8 Å². The smallest absolute Gasteiger partial charge is 0.219 e. The molecule has 0 atom stereocenters. The Morgan fingerprint density at radius 3 is 2.35 bits per heavy atom. The van der Waals surface area contributed by atoms with Gasteiger partial charge in [-0.15, -0.1) is 0 Å². The summed E-state index contributed by atoms with van der Waals surface area (Å²) in [6, 6.07) is 7.25. The van der Waals surface area contributed by atoms with Crippen molar-refractivity contribution in [2.45, 2.75) is 32.1 Å².